The van der Waals surface area contributed by atoms with E-state index < -0.39 is 0 Å². The van der Waals surface area contributed by atoms with Crippen molar-refractivity contribution in [3.8, 4) is 0 Å². The molecule has 0 saturated carbocycles. The van der Waals surface area contributed by atoms with Gasteiger partial charge in [0.1, 0.15) is 6.29 Å². The molecule has 1 aromatic rings. The molecule has 0 aromatic heterocycles. The number of carbonyl (C=O) groups excluding carboxylic acids is 2. The molecule has 14 heavy (non-hydrogen) atoms. The third-order valence-electron chi connectivity index (χ3n) is 1.82. The van der Waals surface area contributed by atoms with E-state index >= 15 is 0 Å². The first kappa shape index (κ1) is 10.4. The maximum absolute atomic E-state index is 11.1. The van der Waals surface area contributed by atoms with Gasteiger partial charge in [-0.3, -0.25) is 9.59 Å². The Kier molecular flexibility index (Phi) is 3.85. The van der Waals surface area contributed by atoms with Crippen LogP contribution in [0, 0.1) is 0 Å². The maximum atomic E-state index is 11.1. The Hall–Kier alpha value is -1.64. The zero-order valence-electron chi connectivity index (χ0n) is 8.03. The van der Waals surface area contributed by atoms with Gasteiger partial charge in [0.15, 0.2) is 0 Å². The fourth-order valence-electron chi connectivity index (χ4n) is 1.18. The Morgan fingerprint density at radius 1 is 1.43 bits per heavy atom. The SMILES string of the molecule is CCOC(=O)Cc1ccccc1C=O. The normalized spacial score (nSPS) is 9.50. The molecule has 0 aliphatic heterocycles. The van der Waals surface area contributed by atoms with Crippen molar-refractivity contribution >= 4 is 12.3 Å². The Labute approximate surface area is 82.7 Å². The van der Waals surface area contributed by atoms with Crippen LogP contribution in [0.25, 0.3) is 0 Å². The first-order valence-electron chi connectivity index (χ1n) is 4.46. The molecule has 3 heteroatoms. The summed E-state index contributed by atoms with van der Waals surface area (Å²) in [5.74, 6) is -0.304. The van der Waals surface area contributed by atoms with Gasteiger partial charge in [0, 0.05) is 5.56 Å². The highest BCUT2D eigenvalue weighted by Gasteiger charge is 2.06. The Balaban J connectivity index is 2.75. The third kappa shape index (κ3) is 2.69. The lowest BCUT2D eigenvalue weighted by molar-refractivity contribution is -0.142. The van der Waals surface area contributed by atoms with Gasteiger partial charge in [0.05, 0.1) is 13.0 Å². The van der Waals surface area contributed by atoms with Gasteiger partial charge in [0.25, 0.3) is 0 Å². The average molecular weight is 192 g/mol. The van der Waals surface area contributed by atoms with E-state index in [0.717, 1.165) is 6.29 Å². The highest BCUT2D eigenvalue weighted by atomic mass is 16.5. The first-order chi connectivity index (χ1) is 6.77. The molecule has 0 N–H and O–H groups in total. The second kappa shape index (κ2) is 5.17. The molecular weight excluding hydrogens is 180 g/mol. The predicted octanol–water partition coefficient (Wildman–Crippen LogP) is 1.60. The largest absolute Gasteiger partial charge is 0.466 e. The molecule has 0 unspecified atom stereocenters. The lowest BCUT2D eigenvalue weighted by atomic mass is 10.1. The number of aldehydes is 1. The highest BCUT2D eigenvalue weighted by molar-refractivity contribution is 5.81. The van der Waals surface area contributed by atoms with Crippen LogP contribution in [0.15, 0.2) is 24.3 Å². The van der Waals surface area contributed by atoms with Crippen LogP contribution in [-0.4, -0.2) is 18.9 Å². The highest BCUT2D eigenvalue weighted by Crippen LogP contribution is 2.07. The molecule has 0 heterocycles. The minimum atomic E-state index is -0.304. The van der Waals surface area contributed by atoms with E-state index in [2.05, 4.69) is 0 Å². The van der Waals surface area contributed by atoms with E-state index in [9.17, 15) is 9.59 Å². The van der Waals surface area contributed by atoms with Gasteiger partial charge in [-0.05, 0) is 12.5 Å². The van der Waals surface area contributed by atoms with Crippen molar-refractivity contribution in [3.63, 3.8) is 0 Å². The fourth-order valence-corrected chi connectivity index (χ4v) is 1.18. The van der Waals surface area contributed by atoms with E-state index in [1.54, 1.807) is 31.2 Å². The number of rotatable bonds is 4. The summed E-state index contributed by atoms with van der Waals surface area (Å²) in [4.78, 5) is 21.8. The summed E-state index contributed by atoms with van der Waals surface area (Å²) in [6.45, 7) is 2.12. The average Bonchev–Trinajstić information content (AvgIpc) is 2.19. The summed E-state index contributed by atoms with van der Waals surface area (Å²) in [6, 6.07) is 6.99. The maximum Gasteiger partial charge on any atom is 0.310 e. The topological polar surface area (TPSA) is 43.4 Å². The third-order valence-corrected chi connectivity index (χ3v) is 1.82. The molecule has 1 aromatic carbocycles. The molecule has 0 aliphatic rings. The quantitative estimate of drug-likeness (QED) is 0.537. The van der Waals surface area contributed by atoms with Gasteiger partial charge >= 0.3 is 5.97 Å². The summed E-state index contributed by atoms with van der Waals surface area (Å²) >= 11 is 0. The molecule has 3 nitrogen and oxygen atoms in total. The van der Waals surface area contributed by atoms with Crippen molar-refractivity contribution in [2.45, 2.75) is 13.3 Å². The minimum Gasteiger partial charge on any atom is -0.466 e. The number of hydrogen-bond donors (Lipinski definition) is 0. The zero-order chi connectivity index (χ0) is 10.4. The van der Waals surface area contributed by atoms with Crippen molar-refractivity contribution in [2.24, 2.45) is 0 Å². The van der Waals surface area contributed by atoms with Crippen molar-refractivity contribution in [1.82, 2.24) is 0 Å². The van der Waals surface area contributed by atoms with Gasteiger partial charge in [-0.15, -0.1) is 0 Å². The van der Waals surface area contributed by atoms with Crippen molar-refractivity contribution in [2.75, 3.05) is 6.61 Å². The molecule has 0 saturated heterocycles. The van der Waals surface area contributed by atoms with Gasteiger partial charge in [-0.25, -0.2) is 0 Å². The molecular formula is C11H12O3. The van der Waals surface area contributed by atoms with Crippen LogP contribution < -0.4 is 0 Å². The Morgan fingerprint density at radius 3 is 2.79 bits per heavy atom. The summed E-state index contributed by atoms with van der Waals surface area (Å²) in [5.41, 5.74) is 1.25. The van der Waals surface area contributed by atoms with Crippen LogP contribution in [-0.2, 0) is 16.0 Å². The van der Waals surface area contributed by atoms with Gasteiger partial charge in [-0.2, -0.15) is 0 Å². The monoisotopic (exact) mass is 192 g/mol. The molecule has 0 spiro atoms. The van der Waals surface area contributed by atoms with E-state index in [-0.39, 0.29) is 12.4 Å². The molecule has 0 fully saturated rings. The lowest BCUT2D eigenvalue weighted by Crippen LogP contribution is -2.08. The zero-order valence-corrected chi connectivity index (χ0v) is 8.03. The fraction of sp³-hybridized carbons (Fsp3) is 0.273. The molecule has 0 aliphatic carbocycles. The van der Waals surface area contributed by atoms with Crippen LogP contribution in [0.1, 0.15) is 22.8 Å². The summed E-state index contributed by atoms with van der Waals surface area (Å²) in [7, 11) is 0. The molecule has 0 atom stereocenters. The Morgan fingerprint density at radius 2 is 2.14 bits per heavy atom. The van der Waals surface area contributed by atoms with Crippen LogP contribution in [0.4, 0.5) is 0 Å². The molecule has 1 rings (SSSR count). The van der Waals surface area contributed by atoms with E-state index in [0.29, 0.717) is 17.7 Å². The van der Waals surface area contributed by atoms with Crippen molar-refractivity contribution in [3.05, 3.63) is 35.4 Å². The van der Waals surface area contributed by atoms with Crippen molar-refractivity contribution < 1.29 is 14.3 Å². The predicted molar refractivity (Wildman–Crippen MR) is 52.2 cm³/mol. The second-order valence-electron chi connectivity index (χ2n) is 2.80. The van der Waals surface area contributed by atoms with Crippen molar-refractivity contribution in [1.29, 1.82) is 0 Å². The number of esters is 1. The summed E-state index contributed by atoms with van der Waals surface area (Å²) < 4.78 is 4.79. The lowest BCUT2D eigenvalue weighted by Gasteiger charge is -2.03. The molecule has 74 valence electrons. The number of ether oxygens (including phenoxy) is 1. The Bertz CT molecular complexity index is 331. The summed E-state index contributed by atoms with van der Waals surface area (Å²) in [5, 5.41) is 0. The molecule has 0 radical (unpaired) electrons. The second-order valence-corrected chi connectivity index (χ2v) is 2.80. The number of hydrogen-bond acceptors (Lipinski definition) is 3. The van der Waals surface area contributed by atoms with Crippen LogP contribution in [0.3, 0.4) is 0 Å². The first-order valence-corrected chi connectivity index (χ1v) is 4.46. The standard InChI is InChI=1S/C11H12O3/c1-2-14-11(13)7-9-5-3-4-6-10(9)8-12/h3-6,8H,2,7H2,1H3. The number of benzene rings is 1. The van der Waals surface area contributed by atoms with Crippen LogP contribution in [0.2, 0.25) is 0 Å². The van der Waals surface area contributed by atoms with Crippen LogP contribution in [0.5, 0.6) is 0 Å². The number of carbonyl (C=O) groups is 2. The van der Waals surface area contributed by atoms with E-state index in [1.807, 2.05) is 0 Å². The van der Waals surface area contributed by atoms with Gasteiger partial charge < -0.3 is 4.74 Å². The smallest absolute Gasteiger partial charge is 0.310 e. The van der Waals surface area contributed by atoms with E-state index in [1.165, 1.54) is 0 Å². The minimum absolute atomic E-state index is 0.156. The van der Waals surface area contributed by atoms with Gasteiger partial charge in [-0.1, -0.05) is 24.3 Å². The molecule has 0 amide bonds. The van der Waals surface area contributed by atoms with Gasteiger partial charge in [0.2, 0.25) is 0 Å². The van der Waals surface area contributed by atoms with E-state index in [4.69, 9.17) is 4.74 Å². The summed E-state index contributed by atoms with van der Waals surface area (Å²) in [6.07, 6.45) is 0.900. The van der Waals surface area contributed by atoms with Crippen LogP contribution >= 0.6 is 0 Å². The molecule has 0 bridgehead atoms.